The largest absolute Gasteiger partial charge is 0.395 e. The van der Waals surface area contributed by atoms with Crippen LogP contribution in [0.5, 0.6) is 0 Å². The summed E-state index contributed by atoms with van der Waals surface area (Å²) in [5, 5.41) is 92.8. The summed E-state index contributed by atoms with van der Waals surface area (Å²) in [6.45, 7) is 0.225. The van der Waals surface area contributed by atoms with Gasteiger partial charge in [0.05, 0.1) is 31.5 Å². The van der Waals surface area contributed by atoms with Crippen molar-refractivity contribution >= 4 is 0 Å². The second-order valence-electron chi connectivity index (χ2n) is 8.34. The number of nitrogens with one attached hydrogen (secondary N) is 1. The molecule has 0 unspecified atom stereocenters. The third kappa shape index (κ3) is 5.08. The number of hydrogen-bond acceptors (Lipinski definition) is 14. The van der Waals surface area contributed by atoms with Gasteiger partial charge in [0, 0.05) is 6.54 Å². The molecule has 32 heavy (non-hydrogen) atoms. The molecular formula is C18H33NO13. The van der Waals surface area contributed by atoms with E-state index in [0.717, 1.165) is 0 Å². The zero-order valence-corrected chi connectivity index (χ0v) is 17.4. The monoisotopic (exact) mass is 471 g/mol. The molecule has 3 aliphatic rings. The van der Waals surface area contributed by atoms with E-state index in [-0.39, 0.29) is 6.54 Å². The van der Waals surface area contributed by atoms with Gasteiger partial charge in [0.1, 0.15) is 54.9 Å². The summed E-state index contributed by atoms with van der Waals surface area (Å²) < 4.78 is 22.2. The molecule has 3 rings (SSSR count). The molecule has 0 radical (unpaired) electrons. The van der Waals surface area contributed by atoms with Gasteiger partial charge in [-0.25, -0.2) is 0 Å². The Morgan fingerprint density at radius 1 is 0.719 bits per heavy atom. The van der Waals surface area contributed by atoms with Crippen LogP contribution >= 0.6 is 0 Å². The van der Waals surface area contributed by atoms with E-state index < -0.39 is 99.0 Å². The summed E-state index contributed by atoms with van der Waals surface area (Å²) >= 11 is 0. The van der Waals surface area contributed by atoms with E-state index in [1.54, 1.807) is 0 Å². The third-order valence-electron chi connectivity index (χ3n) is 6.12. The zero-order valence-electron chi connectivity index (χ0n) is 17.4. The average Bonchev–Trinajstić information content (AvgIpc) is 2.78. The van der Waals surface area contributed by atoms with Crippen LogP contribution in [0.1, 0.15) is 6.92 Å². The molecule has 14 nitrogen and oxygen atoms in total. The highest BCUT2D eigenvalue weighted by molar-refractivity contribution is 4.98. The van der Waals surface area contributed by atoms with Crippen molar-refractivity contribution in [3.05, 3.63) is 0 Å². The molecule has 3 heterocycles. The summed E-state index contributed by atoms with van der Waals surface area (Å²) in [7, 11) is 0. The number of β-amino-alcohol motifs (C(OH)–C–C–N with tert-alkyl or cyclic N) is 1. The lowest BCUT2D eigenvalue weighted by Gasteiger charge is -2.47. The molecule has 0 aromatic rings. The van der Waals surface area contributed by atoms with E-state index in [1.807, 2.05) is 0 Å². The molecule has 0 aromatic carbocycles. The first-order valence-corrected chi connectivity index (χ1v) is 10.4. The molecule has 0 aliphatic carbocycles. The lowest BCUT2D eigenvalue weighted by atomic mass is 9.94. The zero-order chi connectivity index (χ0) is 23.7. The smallest absolute Gasteiger partial charge is 0.187 e. The van der Waals surface area contributed by atoms with Crippen molar-refractivity contribution in [3.63, 3.8) is 0 Å². The van der Waals surface area contributed by atoms with Crippen LogP contribution in [0.25, 0.3) is 0 Å². The van der Waals surface area contributed by atoms with E-state index in [1.165, 1.54) is 6.92 Å². The summed E-state index contributed by atoms with van der Waals surface area (Å²) in [6, 6.07) is -0.844. The standard InChI is InChI=1S/C18H33NO13/c1-5-9(23)11(25)13(27)17(29-5)31-15-6(3-20)19-2-7(22)16(15)32-18-14(28)12(26)10(24)8(4-21)30-18/h5-28H,2-4H2,1H3/t5-,6+,7-,8+,9+,10-,11+,12-,13-,14+,15+,16+,17-,18-/m0/s1. The Morgan fingerprint density at radius 2 is 1.28 bits per heavy atom. The van der Waals surface area contributed by atoms with Gasteiger partial charge in [0.15, 0.2) is 12.6 Å². The van der Waals surface area contributed by atoms with E-state index >= 15 is 0 Å². The molecule has 14 heteroatoms. The van der Waals surface area contributed by atoms with Crippen LogP contribution in [0.4, 0.5) is 0 Å². The number of rotatable bonds is 6. The van der Waals surface area contributed by atoms with Crippen LogP contribution in [0.15, 0.2) is 0 Å². The van der Waals surface area contributed by atoms with Crippen LogP contribution in [0.2, 0.25) is 0 Å². The second kappa shape index (κ2) is 10.8. The first kappa shape index (κ1) is 26.1. The number of aliphatic hydroxyl groups excluding tert-OH is 9. The third-order valence-corrected chi connectivity index (χ3v) is 6.12. The lowest BCUT2D eigenvalue weighted by Crippen LogP contribution is -2.67. The van der Waals surface area contributed by atoms with Crippen molar-refractivity contribution in [1.82, 2.24) is 5.32 Å². The van der Waals surface area contributed by atoms with E-state index in [4.69, 9.17) is 18.9 Å². The van der Waals surface area contributed by atoms with Gasteiger partial charge in [0.25, 0.3) is 0 Å². The molecule has 0 amide bonds. The molecule has 3 fully saturated rings. The van der Waals surface area contributed by atoms with Gasteiger partial charge < -0.3 is 70.2 Å². The fourth-order valence-electron chi connectivity index (χ4n) is 4.08. The first-order valence-electron chi connectivity index (χ1n) is 10.4. The molecular weight excluding hydrogens is 438 g/mol. The lowest BCUT2D eigenvalue weighted by molar-refractivity contribution is -0.350. The van der Waals surface area contributed by atoms with Crippen LogP contribution in [-0.4, -0.2) is 151 Å². The Morgan fingerprint density at radius 3 is 1.88 bits per heavy atom. The second-order valence-corrected chi connectivity index (χ2v) is 8.34. The normalized spacial score (nSPS) is 52.7. The van der Waals surface area contributed by atoms with Crippen molar-refractivity contribution in [2.24, 2.45) is 0 Å². The fourth-order valence-corrected chi connectivity index (χ4v) is 4.08. The maximum Gasteiger partial charge on any atom is 0.187 e. The van der Waals surface area contributed by atoms with Gasteiger partial charge >= 0.3 is 0 Å². The number of hydrogen-bond donors (Lipinski definition) is 10. The Kier molecular flexibility index (Phi) is 8.79. The minimum absolute atomic E-state index is 0.0566. The topological polar surface area (TPSA) is 231 Å². The highest BCUT2D eigenvalue weighted by Gasteiger charge is 2.51. The molecule has 14 atom stereocenters. The minimum Gasteiger partial charge on any atom is -0.395 e. The van der Waals surface area contributed by atoms with E-state index in [2.05, 4.69) is 5.32 Å². The molecule has 0 saturated carbocycles. The minimum atomic E-state index is -1.74. The van der Waals surface area contributed by atoms with Crippen molar-refractivity contribution in [2.75, 3.05) is 19.8 Å². The van der Waals surface area contributed by atoms with Crippen molar-refractivity contribution < 1.29 is 64.9 Å². The first-order chi connectivity index (χ1) is 15.1. The van der Waals surface area contributed by atoms with Gasteiger partial charge in [-0.05, 0) is 6.92 Å². The summed E-state index contributed by atoms with van der Waals surface area (Å²) in [5.41, 5.74) is 0. The maximum absolute atomic E-state index is 10.5. The number of piperidine rings is 1. The van der Waals surface area contributed by atoms with Crippen molar-refractivity contribution in [3.8, 4) is 0 Å². The van der Waals surface area contributed by atoms with E-state index in [9.17, 15) is 46.0 Å². The Labute approximate surface area is 183 Å². The summed E-state index contributed by atoms with van der Waals surface area (Å²) in [5.74, 6) is 0. The van der Waals surface area contributed by atoms with Gasteiger partial charge in [-0.2, -0.15) is 0 Å². The number of ether oxygens (including phenoxy) is 4. The molecule has 188 valence electrons. The predicted octanol–water partition coefficient (Wildman–Crippen LogP) is -6.29. The highest BCUT2D eigenvalue weighted by atomic mass is 16.7. The summed E-state index contributed by atoms with van der Waals surface area (Å²) in [6.07, 6.45) is -18.7. The van der Waals surface area contributed by atoms with Gasteiger partial charge in [-0.1, -0.05) is 0 Å². The van der Waals surface area contributed by atoms with Crippen LogP contribution in [-0.2, 0) is 18.9 Å². The van der Waals surface area contributed by atoms with Gasteiger partial charge in [-0.15, -0.1) is 0 Å². The highest BCUT2D eigenvalue weighted by Crippen LogP contribution is 2.30. The molecule has 10 N–H and O–H groups in total. The fraction of sp³-hybridized carbons (Fsp3) is 1.00. The van der Waals surface area contributed by atoms with Gasteiger partial charge in [0.2, 0.25) is 0 Å². The Hall–Kier alpha value is -0.560. The Balaban J connectivity index is 1.79. The molecule has 0 spiro atoms. The molecule has 3 saturated heterocycles. The maximum atomic E-state index is 10.5. The Bertz CT molecular complexity index is 599. The molecule has 0 aromatic heterocycles. The van der Waals surface area contributed by atoms with Crippen LogP contribution in [0, 0.1) is 0 Å². The predicted molar refractivity (Wildman–Crippen MR) is 101 cm³/mol. The number of aliphatic hydroxyl groups is 9. The SMILES string of the molecule is C[C@@H]1O[C@@H](O[C@H]2[C@H](O[C@@H]3O[C@H](CO)[C@H](O)[C@H](O)[C@H]3O)[C@@H](O)CN[C@@H]2CO)[C@@H](O)[C@H](O)[C@@H]1O. The van der Waals surface area contributed by atoms with Crippen LogP contribution in [0.3, 0.4) is 0 Å². The van der Waals surface area contributed by atoms with Crippen LogP contribution < -0.4 is 5.32 Å². The van der Waals surface area contributed by atoms with E-state index in [0.29, 0.717) is 0 Å². The van der Waals surface area contributed by atoms with Crippen molar-refractivity contribution in [1.29, 1.82) is 0 Å². The van der Waals surface area contributed by atoms with Gasteiger partial charge in [-0.3, -0.25) is 0 Å². The molecule has 0 bridgehead atoms. The average molecular weight is 471 g/mol. The summed E-state index contributed by atoms with van der Waals surface area (Å²) in [4.78, 5) is 0. The molecule has 3 aliphatic heterocycles. The quantitative estimate of drug-likeness (QED) is 0.174. The van der Waals surface area contributed by atoms with Crippen molar-refractivity contribution in [2.45, 2.75) is 92.7 Å².